The zero-order valence-electron chi connectivity index (χ0n) is 17.0. The number of non-ortho nitro benzene ring substituents is 1. The van der Waals surface area contributed by atoms with Crippen LogP contribution in [0.1, 0.15) is 51.8 Å². The van der Waals surface area contributed by atoms with Crippen molar-refractivity contribution in [2.24, 2.45) is 5.92 Å². The summed E-state index contributed by atoms with van der Waals surface area (Å²) in [7, 11) is 0. The van der Waals surface area contributed by atoms with E-state index in [1.165, 1.54) is 12.1 Å². The van der Waals surface area contributed by atoms with Gasteiger partial charge < -0.3 is 5.32 Å². The molecule has 3 aromatic rings. The van der Waals surface area contributed by atoms with E-state index in [0.717, 1.165) is 24.8 Å². The van der Waals surface area contributed by atoms with Crippen LogP contribution in [0.2, 0.25) is 0 Å². The Morgan fingerprint density at radius 1 is 1.24 bits per heavy atom. The summed E-state index contributed by atoms with van der Waals surface area (Å²) in [6.07, 6.45) is 3.99. The average molecular weight is 398 g/mol. The topological polar surface area (TPSA) is 115 Å². The number of carbonyl (C=O) groups is 1. The average Bonchev–Trinajstić information content (AvgIpc) is 3.05. The number of anilines is 1. The second-order valence-electron chi connectivity index (χ2n) is 7.67. The first kappa shape index (κ1) is 20.6. The second-order valence-corrected chi connectivity index (χ2v) is 7.67. The van der Waals surface area contributed by atoms with Crippen LogP contribution < -0.4 is 5.32 Å². The van der Waals surface area contributed by atoms with E-state index >= 15 is 0 Å². The van der Waals surface area contributed by atoms with Gasteiger partial charge in [0.05, 0.1) is 16.0 Å². The molecule has 0 saturated carbocycles. The maximum Gasteiger partial charge on any atom is 0.271 e. The Morgan fingerprint density at radius 2 is 2.03 bits per heavy atom. The predicted octanol–water partition coefficient (Wildman–Crippen LogP) is 4.08. The number of Topliss-reactive ketones (excluding diaryl/α,β-unsaturated/α-hetero) is 1. The quantitative estimate of drug-likeness (QED) is 0.311. The van der Waals surface area contributed by atoms with E-state index in [0.29, 0.717) is 53.9 Å². The lowest BCUT2D eigenvalue weighted by atomic mass is 10.0. The number of ketones is 1. The van der Waals surface area contributed by atoms with Crippen LogP contribution in [0.15, 0.2) is 18.2 Å². The molecule has 0 bridgehead atoms. The highest BCUT2D eigenvalue weighted by Gasteiger charge is 2.15. The van der Waals surface area contributed by atoms with Gasteiger partial charge in [0, 0.05) is 31.5 Å². The third kappa shape index (κ3) is 4.85. The van der Waals surface area contributed by atoms with Crippen molar-refractivity contribution in [3.63, 3.8) is 0 Å². The molecule has 0 radical (unpaired) electrons. The number of benzene rings is 1. The smallest absolute Gasteiger partial charge is 0.271 e. The monoisotopic (exact) mass is 398 g/mol. The van der Waals surface area contributed by atoms with E-state index in [1.807, 2.05) is 11.3 Å². The summed E-state index contributed by atoms with van der Waals surface area (Å²) in [5.41, 5.74) is 1.82. The molecule has 0 amide bonds. The van der Waals surface area contributed by atoms with E-state index in [2.05, 4.69) is 34.3 Å². The van der Waals surface area contributed by atoms with Crippen LogP contribution in [0.25, 0.3) is 16.7 Å². The molecular formula is C20H26N6O3. The third-order valence-corrected chi connectivity index (χ3v) is 4.74. The van der Waals surface area contributed by atoms with Gasteiger partial charge in [-0.05, 0) is 31.7 Å². The van der Waals surface area contributed by atoms with Crippen LogP contribution >= 0.6 is 0 Å². The molecule has 29 heavy (non-hydrogen) atoms. The summed E-state index contributed by atoms with van der Waals surface area (Å²) >= 11 is 0. The fraction of sp³-hybridized carbons (Fsp3) is 0.500. The standard InChI is InChI=1S/C20H26N6O3/c1-13(2)11-16(27)7-5-4-6-10-21-19-20-24-23-14(3)25(20)18-9-8-15(26(28)29)12-17(18)22-19/h8-9,12-13H,4-7,10-11H2,1-3H3,(H,21,22). The van der Waals surface area contributed by atoms with Crippen molar-refractivity contribution in [1.82, 2.24) is 19.6 Å². The highest BCUT2D eigenvalue weighted by atomic mass is 16.6. The number of hydrogen-bond donors (Lipinski definition) is 1. The number of aryl methyl sites for hydroxylation is 1. The summed E-state index contributed by atoms with van der Waals surface area (Å²) in [5, 5.41) is 22.7. The summed E-state index contributed by atoms with van der Waals surface area (Å²) in [6.45, 7) is 6.62. The number of nitro benzene ring substituents is 1. The molecule has 2 aromatic heterocycles. The van der Waals surface area contributed by atoms with Crippen molar-refractivity contribution in [3.05, 3.63) is 34.1 Å². The van der Waals surface area contributed by atoms with Crippen LogP contribution in [0.4, 0.5) is 11.5 Å². The molecule has 9 nitrogen and oxygen atoms in total. The molecule has 9 heteroatoms. The maximum absolute atomic E-state index is 11.8. The minimum absolute atomic E-state index is 0.00732. The molecule has 1 aromatic carbocycles. The van der Waals surface area contributed by atoms with Crippen molar-refractivity contribution >= 4 is 34.0 Å². The normalized spacial score (nSPS) is 11.4. The van der Waals surface area contributed by atoms with Crippen molar-refractivity contribution < 1.29 is 9.72 Å². The van der Waals surface area contributed by atoms with E-state index < -0.39 is 4.92 Å². The van der Waals surface area contributed by atoms with Crippen LogP contribution in [-0.2, 0) is 4.79 Å². The fourth-order valence-electron chi connectivity index (χ4n) is 3.39. The van der Waals surface area contributed by atoms with Crippen LogP contribution in [0, 0.1) is 23.0 Å². The lowest BCUT2D eigenvalue weighted by Crippen LogP contribution is -2.07. The number of fused-ring (bicyclic) bond motifs is 3. The molecule has 0 unspecified atom stereocenters. The second kappa shape index (κ2) is 8.93. The Labute approximate surface area is 168 Å². The summed E-state index contributed by atoms with van der Waals surface area (Å²) in [4.78, 5) is 27.0. The van der Waals surface area contributed by atoms with Crippen LogP contribution in [-0.4, -0.2) is 36.8 Å². The van der Waals surface area contributed by atoms with E-state index in [1.54, 1.807) is 6.07 Å². The molecule has 0 spiro atoms. The third-order valence-electron chi connectivity index (χ3n) is 4.74. The zero-order valence-corrected chi connectivity index (χ0v) is 17.0. The molecule has 0 fully saturated rings. The molecule has 0 aliphatic heterocycles. The molecule has 0 aliphatic carbocycles. The van der Waals surface area contributed by atoms with Gasteiger partial charge in [0.25, 0.3) is 5.69 Å². The number of nitrogens with one attached hydrogen (secondary N) is 1. The minimum atomic E-state index is -0.433. The number of aromatic nitrogens is 4. The highest BCUT2D eigenvalue weighted by molar-refractivity contribution is 5.84. The van der Waals surface area contributed by atoms with Gasteiger partial charge in [-0.2, -0.15) is 0 Å². The lowest BCUT2D eigenvalue weighted by molar-refractivity contribution is -0.384. The van der Waals surface area contributed by atoms with Crippen LogP contribution in [0.3, 0.4) is 0 Å². The zero-order chi connectivity index (χ0) is 21.0. The van der Waals surface area contributed by atoms with E-state index in [4.69, 9.17) is 0 Å². The molecule has 0 aliphatic rings. The summed E-state index contributed by atoms with van der Waals surface area (Å²) in [6, 6.07) is 4.58. The van der Waals surface area contributed by atoms with Gasteiger partial charge in [-0.1, -0.05) is 20.3 Å². The van der Waals surface area contributed by atoms with Crippen LogP contribution in [0.5, 0.6) is 0 Å². The first-order valence-electron chi connectivity index (χ1n) is 9.92. The highest BCUT2D eigenvalue weighted by Crippen LogP contribution is 2.25. The van der Waals surface area contributed by atoms with Gasteiger partial charge in [-0.15, -0.1) is 10.2 Å². The molecular weight excluding hydrogens is 372 g/mol. The summed E-state index contributed by atoms with van der Waals surface area (Å²) in [5.74, 6) is 1.97. The molecule has 154 valence electrons. The van der Waals surface area contributed by atoms with Gasteiger partial charge in [0.1, 0.15) is 11.6 Å². The number of nitrogens with zero attached hydrogens (tertiary/aromatic N) is 5. The van der Waals surface area contributed by atoms with E-state index in [9.17, 15) is 14.9 Å². The van der Waals surface area contributed by atoms with Gasteiger partial charge in [0.15, 0.2) is 5.82 Å². The Kier molecular flexibility index (Phi) is 6.36. The summed E-state index contributed by atoms with van der Waals surface area (Å²) < 4.78 is 1.85. The van der Waals surface area contributed by atoms with Crippen molar-refractivity contribution in [3.8, 4) is 0 Å². The maximum atomic E-state index is 11.8. The minimum Gasteiger partial charge on any atom is -0.367 e. The number of carbonyl (C=O) groups excluding carboxylic acids is 1. The number of unbranched alkanes of at least 4 members (excludes halogenated alkanes) is 2. The first-order valence-corrected chi connectivity index (χ1v) is 9.92. The predicted molar refractivity (Wildman–Crippen MR) is 111 cm³/mol. The van der Waals surface area contributed by atoms with Gasteiger partial charge in [0.2, 0.25) is 5.65 Å². The van der Waals surface area contributed by atoms with Gasteiger partial charge in [-0.3, -0.25) is 19.3 Å². The molecule has 0 atom stereocenters. The molecule has 3 rings (SSSR count). The largest absolute Gasteiger partial charge is 0.367 e. The van der Waals surface area contributed by atoms with Crippen molar-refractivity contribution in [2.75, 3.05) is 11.9 Å². The Bertz CT molecular complexity index is 1040. The fourth-order valence-corrected chi connectivity index (χ4v) is 3.39. The Hall–Kier alpha value is -3.10. The Morgan fingerprint density at radius 3 is 2.76 bits per heavy atom. The number of hydrogen-bond acceptors (Lipinski definition) is 7. The van der Waals surface area contributed by atoms with Gasteiger partial charge in [-0.25, -0.2) is 4.98 Å². The number of rotatable bonds is 10. The molecule has 2 heterocycles. The van der Waals surface area contributed by atoms with E-state index in [-0.39, 0.29) is 5.69 Å². The molecule has 0 saturated heterocycles. The van der Waals surface area contributed by atoms with Crippen molar-refractivity contribution in [2.45, 2.75) is 52.9 Å². The van der Waals surface area contributed by atoms with Crippen molar-refractivity contribution in [1.29, 1.82) is 0 Å². The van der Waals surface area contributed by atoms with Gasteiger partial charge >= 0.3 is 0 Å². The lowest BCUT2D eigenvalue weighted by Gasteiger charge is -2.10. The SMILES string of the molecule is Cc1nnc2c(NCCCCCC(=O)CC(C)C)nc3cc([N+](=O)[O-])ccc3n12. The first-order chi connectivity index (χ1) is 13.9. The molecule has 1 N–H and O–H groups in total. The Balaban J connectivity index is 1.68. The number of nitro groups is 1.